The molecular formula is C11H20INO. The minimum atomic E-state index is -0.262. The molecule has 0 spiro atoms. The number of hydrogen-bond acceptors (Lipinski definition) is 1. The molecule has 1 aliphatic carbocycles. The highest BCUT2D eigenvalue weighted by Crippen LogP contribution is 2.30. The Morgan fingerprint density at radius 3 is 2.29 bits per heavy atom. The van der Waals surface area contributed by atoms with Crippen molar-refractivity contribution in [1.82, 2.24) is 5.32 Å². The van der Waals surface area contributed by atoms with E-state index in [0.29, 0.717) is 9.97 Å². The molecule has 0 radical (unpaired) electrons. The van der Waals surface area contributed by atoms with Crippen molar-refractivity contribution in [2.75, 3.05) is 0 Å². The highest BCUT2D eigenvalue weighted by atomic mass is 127. The molecule has 0 unspecified atom stereocenters. The first kappa shape index (κ1) is 12.3. The van der Waals surface area contributed by atoms with Crippen LogP contribution in [0.1, 0.15) is 46.5 Å². The van der Waals surface area contributed by atoms with Gasteiger partial charge in [-0.15, -0.1) is 0 Å². The third kappa shape index (κ3) is 3.41. The van der Waals surface area contributed by atoms with E-state index in [1.165, 1.54) is 25.7 Å². The maximum absolute atomic E-state index is 11.7. The summed E-state index contributed by atoms with van der Waals surface area (Å²) in [6.07, 6.45) is 5.21. The van der Waals surface area contributed by atoms with Crippen LogP contribution in [0.5, 0.6) is 0 Å². The molecule has 14 heavy (non-hydrogen) atoms. The van der Waals surface area contributed by atoms with Crippen LogP contribution in [-0.2, 0) is 4.79 Å². The monoisotopic (exact) mass is 309 g/mol. The first-order chi connectivity index (χ1) is 6.41. The number of carbonyl (C=O) groups is 1. The first-order valence-electron chi connectivity index (χ1n) is 5.36. The Morgan fingerprint density at radius 1 is 1.36 bits per heavy atom. The van der Waals surface area contributed by atoms with Gasteiger partial charge in [-0.25, -0.2) is 0 Å². The van der Waals surface area contributed by atoms with Gasteiger partial charge >= 0.3 is 0 Å². The van der Waals surface area contributed by atoms with Crippen molar-refractivity contribution in [2.45, 2.75) is 50.5 Å². The van der Waals surface area contributed by atoms with Crippen LogP contribution in [0.4, 0.5) is 0 Å². The maximum Gasteiger partial charge on any atom is 0.226 e. The van der Waals surface area contributed by atoms with Crippen molar-refractivity contribution < 1.29 is 4.79 Å². The third-order valence-corrected chi connectivity index (χ3v) is 4.09. The molecule has 1 N–H and O–H groups in total. The molecule has 1 rings (SSSR count). The molecule has 0 aromatic heterocycles. The topological polar surface area (TPSA) is 29.1 Å². The molecule has 0 aromatic rings. The van der Waals surface area contributed by atoms with Crippen molar-refractivity contribution >= 4 is 28.5 Å². The average Bonchev–Trinajstić information content (AvgIpc) is 2.53. The summed E-state index contributed by atoms with van der Waals surface area (Å²) >= 11 is 2.37. The fraction of sp³-hybridized carbons (Fsp3) is 0.909. The summed E-state index contributed by atoms with van der Waals surface area (Å²) in [6.45, 7) is 5.88. The average molecular weight is 309 g/mol. The lowest BCUT2D eigenvalue weighted by atomic mass is 9.95. The van der Waals surface area contributed by atoms with Crippen LogP contribution in [0.15, 0.2) is 0 Å². The van der Waals surface area contributed by atoms with Gasteiger partial charge in [0.2, 0.25) is 5.91 Å². The summed E-state index contributed by atoms with van der Waals surface area (Å²) in [6, 6.07) is 0. The summed E-state index contributed by atoms with van der Waals surface area (Å²) < 4.78 is 0.321. The molecule has 3 heteroatoms. The molecule has 0 aliphatic heterocycles. The fourth-order valence-electron chi connectivity index (χ4n) is 1.71. The third-order valence-electron chi connectivity index (χ3n) is 2.76. The van der Waals surface area contributed by atoms with Gasteiger partial charge in [-0.05, 0) is 18.8 Å². The van der Waals surface area contributed by atoms with Gasteiger partial charge in [0.1, 0.15) is 0 Å². The molecule has 1 aliphatic rings. The van der Waals surface area contributed by atoms with E-state index in [1.54, 1.807) is 0 Å². The lowest BCUT2D eigenvalue weighted by Gasteiger charge is -2.24. The quantitative estimate of drug-likeness (QED) is 0.474. The minimum absolute atomic E-state index is 0.170. The normalized spacial score (nSPS) is 20.9. The first-order valence-corrected chi connectivity index (χ1v) is 6.61. The minimum Gasteiger partial charge on any atom is -0.344 e. The summed E-state index contributed by atoms with van der Waals surface area (Å²) in [5.41, 5.74) is -0.262. The Morgan fingerprint density at radius 2 is 1.86 bits per heavy atom. The Balaban J connectivity index is 2.39. The van der Waals surface area contributed by atoms with Gasteiger partial charge in [0, 0.05) is 5.41 Å². The van der Waals surface area contributed by atoms with Gasteiger partial charge in [-0.2, -0.15) is 0 Å². The van der Waals surface area contributed by atoms with Crippen LogP contribution >= 0.6 is 22.6 Å². The SMILES string of the molecule is CC(C)(C)C(=O)N[C@H](I)C1CCCC1. The van der Waals surface area contributed by atoms with E-state index in [1.807, 2.05) is 20.8 Å². The molecule has 82 valence electrons. The predicted molar refractivity (Wildman–Crippen MR) is 67.4 cm³/mol. The van der Waals surface area contributed by atoms with E-state index >= 15 is 0 Å². The van der Waals surface area contributed by atoms with E-state index in [9.17, 15) is 4.79 Å². The van der Waals surface area contributed by atoms with Gasteiger partial charge in [0.05, 0.1) is 4.05 Å². The second-order valence-electron chi connectivity index (χ2n) is 5.17. The zero-order valence-electron chi connectivity index (χ0n) is 9.27. The number of carbonyl (C=O) groups excluding carboxylic acids is 1. The number of hydrogen-bond donors (Lipinski definition) is 1. The molecule has 1 amide bonds. The molecule has 0 heterocycles. The van der Waals surface area contributed by atoms with Crippen LogP contribution in [0.3, 0.4) is 0 Å². The Bertz CT molecular complexity index is 204. The van der Waals surface area contributed by atoms with Crippen molar-refractivity contribution in [1.29, 1.82) is 0 Å². The Hall–Kier alpha value is 0.200. The number of alkyl halides is 1. The van der Waals surface area contributed by atoms with Gasteiger partial charge in [0.15, 0.2) is 0 Å². The van der Waals surface area contributed by atoms with E-state index in [0.717, 1.165) is 0 Å². The molecular weight excluding hydrogens is 289 g/mol. The van der Waals surface area contributed by atoms with Gasteiger partial charge in [-0.3, -0.25) is 4.79 Å². The zero-order valence-corrected chi connectivity index (χ0v) is 11.4. The molecule has 1 atom stereocenters. The molecule has 1 fully saturated rings. The lowest BCUT2D eigenvalue weighted by molar-refractivity contribution is -0.128. The van der Waals surface area contributed by atoms with Crippen LogP contribution in [0.25, 0.3) is 0 Å². The summed E-state index contributed by atoms with van der Waals surface area (Å²) in [4.78, 5) is 11.7. The Kier molecular flexibility index (Phi) is 4.22. The highest BCUT2D eigenvalue weighted by molar-refractivity contribution is 14.1. The smallest absolute Gasteiger partial charge is 0.226 e. The Labute approximate surface area is 100 Å². The molecule has 1 saturated carbocycles. The zero-order chi connectivity index (χ0) is 10.8. The molecule has 0 bridgehead atoms. The van der Waals surface area contributed by atoms with Gasteiger partial charge in [0.25, 0.3) is 0 Å². The second kappa shape index (κ2) is 4.81. The predicted octanol–water partition coefficient (Wildman–Crippen LogP) is 3.10. The molecule has 2 nitrogen and oxygen atoms in total. The summed E-state index contributed by atoms with van der Waals surface area (Å²) in [5, 5.41) is 3.11. The van der Waals surface area contributed by atoms with Crippen molar-refractivity contribution in [2.24, 2.45) is 11.3 Å². The summed E-state index contributed by atoms with van der Waals surface area (Å²) in [7, 11) is 0. The van der Waals surface area contributed by atoms with Crippen molar-refractivity contribution in [3.05, 3.63) is 0 Å². The summed E-state index contributed by atoms with van der Waals surface area (Å²) in [5.74, 6) is 0.866. The van der Waals surface area contributed by atoms with E-state index in [4.69, 9.17) is 0 Å². The van der Waals surface area contributed by atoms with Gasteiger partial charge < -0.3 is 5.32 Å². The van der Waals surface area contributed by atoms with E-state index < -0.39 is 0 Å². The largest absolute Gasteiger partial charge is 0.344 e. The van der Waals surface area contributed by atoms with Crippen LogP contribution in [0, 0.1) is 11.3 Å². The van der Waals surface area contributed by atoms with E-state index in [-0.39, 0.29) is 11.3 Å². The molecule has 0 saturated heterocycles. The fourth-order valence-corrected chi connectivity index (χ4v) is 2.71. The number of halogens is 1. The number of rotatable bonds is 2. The van der Waals surface area contributed by atoms with Crippen molar-refractivity contribution in [3.8, 4) is 0 Å². The van der Waals surface area contributed by atoms with Crippen LogP contribution < -0.4 is 5.32 Å². The van der Waals surface area contributed by atoms with Gasteiger partial charge in [-0.1, -0.05) is 56.2 Å². The molecule has 0 aromatic carbocycles. The number of nitrogens with one attached hydrogen (secondary N) is 1. The maximum atomic E-state index is 11.7. The number of amides is 1. The van der Waals surface area contributed by atoms with Crippen LogP contribution in [0.2, 0.25) is 0 Å². The van der Waals surface area contributed by atoms with Crippen molar-refractivity contribution in [3.63, 3.8) is 0 Å². The standard InChI is InChI=1S/C11H20INO/c1-11(2,3)10(14)13-9(12)8-6-4-5-7-8/h8-9H,4-7H2,1-3H3,(H,13,14)/t9-/m0/s1. The lowest BCUT2D eigenvalue weighted by Crippen LogP contribution is -2.41. The second-order valence-corrected chi connectivity index (χ2v) is 6.51. The van der Waals surface area contributed by atoms with Crippen LogP contribution in [-0.4, -0.2) is 9.96 Å². The highest BCUT2D eigenvalue weighted by Gasteiger charge is 2.28. The van der Waals surface area contributed by atoms with E-state index in [2.05, 4.69) is 27.9 Å².